The predicted molar refractivity (Wildman–Crippen MR) is 80.8 cm³/mol. The van der Waals surface area contributed by atoms with Crippen LogP contribution in [-0.4, -0.2) is 4.98 Å². The van der Waals surface area contributed by atoms with Crippen LogP contribution in [0.5, 0.6) is 0 Å². The standard InChI is InChI=1S/C15H10BrClFNO/c16-11(10-6-5-9(17)7-12(10)18)8-15-19-13-3-1-2-4-14(13)20-15/h1-7,11H,8H2. The number of benzene rings is 2. The first kappa shape index (κ1) is 13.6. The summed E-state index contributed by atoms with van der Waals surface area (Å²) in [7, 11) is 0. The van der Waals surface area contributed by atoms with E-state index in [1.807, 2.05) is 24.3 Å². The van der Waals surface area contributed by atoms with Crippen molar-refractivity contribution in [2.45, 2.75) is 11.2 Å². The van der Waals surface area contributed by atoms with Crippen LogP contribution in [0.3, 0.4) is 0 Å². The van der Waals surface area contributed by atoms with Crippen molar-refractivity contribution in [2.24, 2.45) is 0 Å². The molecule has 0 radical (unpaired) electrons. The van der Waals surface area contributed by atoms with E-state index in [1.165, 1.54) is 6.07 Å². The lowest BCUT2D eigenvalue weighted by atomic mass is 10.1. The SMILES string of the molecule is Fc1cc(Cl)ccc1C(Br)Cc1nc2ccccc2o1. The van der Waals surface area contributed by atoms with Gasteiger partial charge >= 0.3 is 0 Å². The van der Waals surface area contributed by atoms with Gasteiger partial charge in [-0.15, -0.1) is 0 Å². The number of nitrogens with zero attached hydrogens (tertiary/aromatic N) is 1. The highest BCUT2D eigenvalue weighted by Gasteiger charge is 2.16. The Balaban J connectivity index is 1.86. The minimum absolute atomic E-state index is 0.215. The highest BCUT2D eigenvalue weighted by atomic mass is 79.9. The monoisotopic (exact) mass is 353 g/mol. The maximum Gasteiger partial charge on any atom is 0.196 e. The van der Waals surface area contributed by atoms with Crippen LogP contribution in [0.4, 0.5) is 4.39 Å². The second-order valence-corrected chi connectivity index (χ2v) is 5.95. The van der Waals surface area contributed by atoms with E-state index in [9.17, 15) is 4.39 Å². The van der Waals surface area contributed by atoms with E-state index in [4.69, 9.17) is 16.0 Å². The Morgan fingerprint density at radius 2 is 2.05 bits per heavy atom. The van der Waals surface area contributed by atoms with E-state index >= 15 is 0 Å². The number of para-hydroxylation sites is 2. The van der Waals surface area contributed by atoms with Gasteiger partial charge < -0.3 is 4.42 Å². The number of alkyl halides is 1. The Morgan fingerprint density at radius 1 is 1.25 bits per heavy atom. The summed E-state index contributed by atoms with van der Waals surface area (Å²) < 4.78 is 19.5. The summed E-state index contributed by atoms with van der Waals surface area (Å²) in [5.41, 5.74) is 2.08. The second-order valence-electron chi connectivity index (χ2n) is 4.41. The molecule has 1 atom stereocenters. The van der Waals surface area contributed by atoms with Gasteiger partial charge in [-0.05, 0) is 24.3 Å². The molecule has 0 spiro atoms. The van der Waals surface area contributed by atoms with Gasteiger partial charge in [0, 0.05) is 17.0 Å². The zero-order valence-corrected chi connectivity index (χ0v) is 12.7. The lowest BCUT2D eigenvalue weighted by Crippen LogP contribution is -1.98. The number of aromatic nitrogens is 1. The Kier molecular flexibility index (Phi) is 3.76. The minimum Gasteiger partial charge on any atom is -0.441 e. The van der Waals surface area contributed by atoms with E-state index in [1.54, 1.807) is 12.1 Å². The molecule has 0 bridgehead atoms. The van der Waals surface area contributed by atoms with E-state index in [-0.39, 0.29) is 10.6 Å². The number of hydrogen-bond acceptors (Lipinski definition) is 2. The number of rotatable bonds is 3. The van der Waals surface area contributed by atoms with Gasteiger partial charge in [0.15, 0.2) is 11.5 Å². The fourth-order valence-corrected chi connectivity index (χ4v) is 2.83. The van der Waals surface area contributed by atoms with E-state index in [0.29, 0.717) is 22.9 Å². The summed E-state index contributed by atoms with van der Waals surface area (Å²) in [5.74, 6) is 0.234. The van der Waals surface area contributed by atoms with Crippen LogP contribution in [0, 0.1) is 5.82 Å². The molecule has 2 nitrogen and oxygen atoms in total. The number of halogens is 3. The van der Waals surface area contributed by atoms with Crippen LogP contribution in [-0.2, 0) is 6.42 Å². The van der Waals surface area contributed by atoms with Gasteiger partial charge in [-0.3, -0.25) is 0 Å². The summed E-state index contributed by atoms with van der Waals surface area (Å²) in [6.45, 7) is 0. The third kappa shape index (κ3) is 2.72. The van der Waals surface area contributed by atoms with Crippen molar-refractivity contribution in [3.05, 3.63) is 64.8 Å². The van der Waals surface area contributed by atoms with Gasteiger partial charge in [0.1, 0.15) is 11.3 Å². The molecule has 1 unspecified atom stereocenters. The van der Waals surface area contributed by atoms with Gasteiger partial charge in [0.2, 0.25) is 0 Å². The first-order valence-corrected chi connectivity index (χ1v) is 7.36. The molecule has 0 aliphatic rings. The van der Waals surface area contributed by atoms with Crippen LogP contribution in [0.1, 0.15) is 16.3 Å². The predicted octanol–water partition coefficient (Wildman–Crippen LogP) is 5.30. The molecule has 0 N–H and O–H groups in total. The summed E-state index contributed by atoms with van der Waals surface area (Å²) in [4.78, 5) is 4.17. The molecule has 3 rings (SSSR count). The summed E-state index contributed by atoms with van der Waals surface area (Å²) >= 11 is 9.22. The highest BCUT2D eigenvalue weighted by Crippen LogP contribution is 2.31. The van der Waals surface area contributed by atoms with Crippen molar-refractivity contribution in [3.63, 3.8) is 0 Å². The fourth-order valence-electron chi connectivity index (χ4n) is 2.03. The molecule has 0 saturated carbocycles. The topological polar surface area (TPSA) is 26.0 Å². The average Bonchev–Trinajstić information content (AvgIpc) is 2.80. The maximum absolute atomic E-state index is 13.8. The maximum atomic E-state index is 13.8. The fraction of sp³-hybridized carbons (Fsp3) is 0.133. The summed E-state index contributed by atoms with van der Waals surface area (Å²) in [6.07, 6.45) is 0.466. The lowest BCUT2D eigenvalue weighted by Gasteiger charge is -2.09. The van der Waals surface area contributed by atoms with Crippen LogP contribution < -0.4 is 0 Å². The molecule has 1 heterocycles. The van der Waals surface area contributed by atoms with Gasteiger partial charge in [0.05, 0.1) is 4.83 Å². The lowest BCUT2D eigenvalue weighted by molar-refractivity contribution is 0.522. The Hall–Kier alpha value is -1.39. The largest absolute Gasteiger partial charge is 0.441 e. The van der Waals surface area contributed by atoms with Crippen molar-refractivity contribution < 1.29 is 8.81 Å². The first-order chi connectivity index (χ1) is 9.63. The molecular weight excluding hydrogens is 345 g/mol. The molecule has 3 aromatic rings. The Bertz CT molecular complexity index is 725. The third-order valence-electron chi connectivity index (χ3n) is 2.99. The zero-order valence-electron chi connectivity index (χ0n) is 10.3. The summed E-state index contributed by atoms with van der Waals surface area (Å²) in [5, 5.41) is 0.382. The quantitative estimate of drug-likeness (QED) is 0.597. The van der Waals surface area contributed by atoms with Crippen molar-refractivity contribution in [2.75, 3.05) is 0 Å². The first-order valence-electron chi connectivity index (χ1n) is 6.07. The molecule has 20 heavy (non-hydrogen) atoms. The van der Waals surface area contributed by atoms with Gasteiger partial charge in [-0.1, -0.05) is 45.7 Å². The van der Waals surface area contributed by atoms with Crippen molar-refractivity contribution in [3.8, 4) is 0 Å². The molecule has 0 saturated heterocycles. The molecular formula is C15H10BrClFNO. The molecule has 102 valence electrons. The van der Waals surface area contributed by atoms with Gasteiger partial charge in [-0.25, -0.2) is 9.37 Å². The van der Waals surface area contributed by atoms with Gasteiger partial charge in [0.25, 0.3) is 0 Å². The van der Waals surface area contributed by atoms with E-state index in [2.05, 4.69) is 20.9 Å². The highest BCUT2D eigenvalue weighted by molar-refractivity contribution is 9.09. The molecule has 5 heteroatoms. The minimum atomic E-state index is -0.338. The molecule has 2 aromatic carbocycles. The zero-order chi connectivity index (χ0) is 14.1. The summed E-state index contributed by atoms with van der Waals surface area (Å²) in [6, 6.07) is 12.2. The van der Waals surface area contributed by atoms with E-state index < -0.39 is 0 Å². The van der Waals surface area contributed by atoms with Crippen molar-refractivity contribution in [1.29, 1.82) is 0 Å². The molecule has 0 aliphatic carbocycles. The van der Waals surface area contributed by atoms with Crippen molar-refractivity contribution >= 4 is 38.6 Å². The smallest absolute Gasteiger partial charge is 0.196 e. The van der Waals surface area contributed by atoms with Crippen LogP contribution in [0.2, 0.25) is 5.02 Å². The number of hydrogen-bond donors (Lipinski definition) is 0. The molecule has 0 amide bonds. The number of oxazole rings is 1. The molecule has 0 fully saturated rings. The van der Waals surface area contributed by atoms with Gasteiger partial charge in [-0.2, -0.15) is 0 Å². The van der Waals surface area contributed by atoms with Crippen LogP contribution in [0.25, 0.3) is 11.1 Å². The third-order valence-corrected chi connectivity index (χ3v) is 4.04. The Morgan fingerprint density at radius 3 is 2.80 bits per heavy atom. The number of fused-ring (bicyclic) bond motifs is 1. The van der Waals surface area contributed by atoms with Crippen LogP contribution >= 0.6 is 27.5 Å². The van der Waals surface area contributed by atoms with Crippen molar-refractivity contribution in [1.82, 2.24) is 4.98 Å². The molecule has 0 aliphatic heterocycles. The second kappa shape index (κ2) is 5.54. The molecule has 1 aromatic heterocycles. The van der Waals surface area contributed by atoms with E-state index in [0.717, 1.165) is 11.1 Å². The normalized spacial score (nSPS) is 12.8. The average molecular weight is 355 g/mol. The van der Waals surface area contributed by atoms with Crippen LogP contribution in [0.15, 0.2) is 46.9 Å². The Labute approximate surface area is 128 Å².